The molecule has 0 unspecified atom stereocenters. The zero-order valence-corrected chi connectivity index (χ0v) is 14.1. The van der Waals surface area contributed by atoms with Crippen molar-refractivity contribution in [1.82, 2.24) is 10.2 Å². The zero-order valence-electron chi connectivity index (χ0n) is 14.1. The molecule has 1 aliphatic heterocycles. The van der Waals surface area contributed by atoms with Gasteiger partial charge in [0.05, 0.1) is 0 Å². The van der Waals surface area contributed by atoms with Gasteiger partial charge in [-0.15, -0.1) is 0 Å². The summed E-state index contributed by atoms with van der Waals surface area (Å²) in [5.41, 5.74) is 1.27. The minimum absolute atomic E-state index is 0.0255. The number of nitrogens with one attached hydrogen (secondary N) is 1. The fraction of sp³-hybridized carbons (Fsp3) is 0.611. The third-order valence-corrected chi connectivity index (χ3v) is 4.29. The van der Waals surface area contributed by atoms with Crippen LogP contribution in [0.1, 0.15) is 45.1 Å². The van der Waals surface area contributed by atoms with Gasteiger partial charge in [0.2, 0.25) is 0 Å². The molecule has 122 valence electrons. The van der Waals surface area contributed by atoms with Crippen LogP contribution < -0.4 is 10.1 Å². The predicted octanol–water partition coefficient (Wildman–Crippen LogP) is 2.79. The molecule has 1 amide bonds. The molecule has 1 heterocycles. The second kappa shape index (κ2) is 7.63. The Kier molecular flexibility index (Phi) is 5.83. The molecule has 1 N–H and O–H groups in total. The van der Waals surface area contributed by atoms with Crippen molar-refractivity contribution in [2.45, 2.75) is 51.7 Å². The highest BCUT2D eigenvalue weighted by molar-refractivity contribution is 5.81. The molecular formula is C18H28N2O2. The van der Waals surface area contributed by atoms with Gasteiger partial charge in [-0.2, -0.15) is 0 Å². The van der Waals surface area contributed by atoms with Crippen molar-refractivity contribution in [3.05, 3.63) is 29.8 Å². The summed E-state index contributed by atoms with van der Waals surface area (Å²) in [4.78, 5) is 14.5. The van der Waals surface area contributed by atoms with Gasteiger partial charge < -0.3 is 15.0 Å². The summed E-state index contributed by atoms with van der Waals surface area (Å²) in [5, 5.41) is 3.10. The first-order valence-corrected chi connectivity index (χ1v) is 8.21. The Balaban J connectivity index is 1.83. The van der Waals surface area contributed by atoms with Crippen LogP contribution in [0.3, 0.4) is 0 Å². The Morgan fingerprint density at radius 2 is 1.77 bits per heavy atom. The van der Waals surface area contributed by atoms with E-state index in [1.165, 1.54) is 5.56 Å². The highest BCUT2D eigenvalue weighted by atomic mass is 16.5. The van der Waals surface area contributed by atoms with Crippen LogP contribution in [0.25, 0.3) is 0 Å². The Bertz CT molecular complexity index is 476. The number of piperidine rings is 1. The van der Waals surface area contributed by atoms with E-state index in [0.29, 0.717) is 5.92 Å². The molecule has 1 aromatic carbocycles. The molecule has 1 fully saturated rings. The van der Waals surface area contributed by atoms with E-state index in [-0.39, 0.29) is 11.9 Å². The van der Waals surface area contributed by atoms with Crippen molar-refractivity contribution < 1.29 is 9.53 Å². The average molecular weight is 304 g/mol. The van der Waals surface area contributed by atoms with E-state index in [9.17, 15) is 4.79 Å². The maximum Gasteiger partial charge on any atom is 0.260 e. The van der Waals surface area contributed by atoms with E-state index in [1.807, 2.05) is 12.1 Å². The lowest BCUT2D eigenvalue weighted by atomic mass is 10.0. The van der Waals surface area contributed by atoms with Crippen molar-refractivity contribution in [3.63, 3.8) is 0 Å². The van der Waals surface area contributed by atoms with Crippen molar-refractivity contribution in [1.29, 1.82) is 0 Å². The molecule has 0 aromatic heterocycles. The summed E-state index contributed by atoms with van der Waals surface area (Å²) in [6.07, 6.45) is 1.56. The van der Waals surface area contributed by atoms with Crippen LogP contribution in [0.4, 0.5) is 0 Å². The van der Waals surface area contributed by atoms with Crippen LogP contribution in [-0.2, 0) is 4.79 Å². The second-order valence-corrected chi connectivity index (χ2v) is 6.57. The maximum atomic E-state index is 12.2. The van der Waals surface area contributed by atoms with Crippen LogP contribution in [0.2, 0.25) is 0 Å². The molecule has 0 radical (unpaired) electrons. The summed E-state index contributed by atoms with van der Waals surface area (Å²) in [6, 6.07) is 8.27. The highest BCUT2D eigenvalue weighted by Gasteiger charge is 2.22. The number of benzene rings is 1. The average Bonchev–Trinajstić information content (AvgIpc) is 2.50. The monoisotopic (exact) mass is 304 g/mol. The zero-order chi connectivity index (χ0) is 16.1. The summed E-state index contributed by atoms with van der Waals surface area (Å²) >= 11 is 0. The van der Waals surface area contributed by atoms with E-state index in [0.717, 1.165) is 31.7 Å². The normalized spacial score (nSPS) is 18.2. The summed E-state index contributed by atoms with van der Waals surface area (Å²) < 4.78 is 5.75. The first-order chi connectivity index (χ1) is 10.5. The van der Waals surface area contributed by atoms with Gasteiger partial charge >= 0.3 is 0 Å². The number of carbonyl (C=O) groups excluding carboxylic acids is 1. The number of hydrogen-bond acceptors (Lipinski definition) is 3. The van der Waals surface area contributed by atoms with Crippen LogP contribution in [0, 0.1) is 0 Å². The number of likely N-dealkylation sites (tertiary alicyclic amines) is 1. The summed E-state index contributed by atoms with van der Waals surface area (Å²) in [7, 11) is 2.12. The van der Waals surface area contributed by atoms with Crippen LogP contribution >= 0.6 is 0 Å². The molecule has 1 aliphatic rings. The van der Waals surface area contributed by atoms with Crippen molar-refractivity contribution in [3.8, 4) is 5.75 Å². The molecule has 0 saturated carbocycles. The molecule has 2 rings (SSSR count). The Labute approximate surface area is 133 Å². The van der Waals surface area contributed by atoms with E-state index in [4.69, 9.17) is 4.74 Å². The van der Waals surface area contributed by atoms with Gasteiger partial charge in [0.1, 0.15) is 5.75 Å². The molecule has 0 aliphatic carbocycles. The van der Waals surface area contributed by atoms with Gasteiger partial charge in [0.25, 0.3) is 5.91 Å². The smallest absolute Gasteiger partial charge is 0.260 e. The molecule has 1 atom stereocenters. The lowest BCUT2D eigenvalue weighted by Crippen LogP contribution is -2.47. The van der Waals surface area contributed by atoms with Crippen LogP contribution in [0.15, 0.2) is 24.3 Å². The molecule has 1 aromatic rings. The molecule has 4 nitrogen and oxygen atoms in total. The number of amides is 1. The number of ether oxygens (including phenoxy) is 1. The third kappa shape index (κ3) is 4.73. The molecule has 0 bridgehead atoms. The van der Waals surface area contributed by atoms with Gasteiger partial charge in [-0.3, -0.25) is 4.79 Å². The van der Waals surface area contributed by atoms with Crippen LogP contribution in [0.5, 0.6) is 5.75 Å². The Hall–Kier alpha value is -1.55. The number of carbonyl (C=O) groups is 1. The third-order valence-electron chi connectivity index (χ3n) is 4.29. The summed E-state index contributed by atoms with van der Waals surface area (Å²) in [5.74, 6) is 1.22. The lowest BCUT2D eigenvalue weighted by Gasteiger charge is -2.30. The number of rotatable bonds is 5. The fourth-order valence-electron chi connectivity index (χ4n) is 2.66. The van der Waals surface area contributed by atoms with E-state index >= 15 is 0 Å². The van der Waals surface area contributed by atoms with Crippen LogP contribution in [-0.4, -0.2) is 43.1 Å². The van der Waals surface area contributed by atoms with E-state index in [1.54, 1.807) is 6.92 Å². The maximum absolute atomic E-state index is 12.2. The number of nitrogens with zero attached hydrogens (tertiary/aromatic N) is 1. The standard InChI is InChI=1S/C18H28N2O2/c1-13(2)15-5-7-17(8-6-15)22-14(3)18(21)19-16-9-11-20(4)12-10-16/h5-8,13-14,16H,9-12H2,1-4H3,(H,19,21)/t14-/m0/s1. The second-order valence-electron chi connectivity index (χ2n) is 6.57. The molecule has 0 spiro atoms. The minimum Gasteiger partial charge on any atom is -0.481 e. The van der Waals surface area contributed by atoms with Crippen molar-refractivity contribution in [2.24, 2.45) is 0 Å². The Morgan fingerprint density at radius 1 is 1.18 bits per heavy atom. The SMILES string of the molecule is CC(C)c1ccc(O[C@@H](C)C(=O)NC2CCN(C)CC2)cc1. The summed E-state index contributed by atoms with van der Waals surface area (Å²) in [6.45, 7) is 8.20. The molecule has 4 heteroatoms. The minimum atomic E-state index is -0.468. The van der Waals surface area contributed by atoms with Crippen molar-refractivity contribution in [2.75, 3.05) is 20.1 Å². The van der Waals surface area contributed by atoms with E-state index in [2.05, 4.69) is 43.2 Å². The van der Waals surface area contributed by atoms with Crippen molar-refractivity contribution >= 4 is 5.91 Å². The van der Waals surface area contributed by atoms with Gasteiger partial charge in [-0.1, -0.05) is 26.0 Å². The fourth-order valence-corrected chi connectivity index (χ4v) is 2.66. The lowest BCUT2D eigenvalue weighted by molar-refractivity contribution is -0.128. The predicted molar refractivity (Wildman–Crippen MR) is 89.3 cm³/mol. The van der Waals surface area contributed by atoms with Gasteiger partial charge in [0, 0.05) is 6.04 Å². The van der Waals surface area contributed by atoms with Gasteiger partial charge in [-0.05, 0) is 63.5 Å². The van der Waals surface area contributed by atoms with E-state index < -0.39 is 6.10 Å². The first-order valence-electron chi connectivity index (χ1n) is 8.21. The molecule has 22 heavy (non-hydrogen) atoms. The molecular weight excluding hydrogens is 276 g/mol. The first kappa shape index (κ1) is 16.8. The topological polar surface area (TPSA) is 41.6 Å². The Morgan fingerprint density at radius 3 is 2.32 bits per heavy atom. The number of hydrogen-bond donors (Lipinski definition) is 1. The quantitative estimate of drug-likeness (QED) is 0.909. The van der Waals surface area contributed by atoms with Gasteiger partial charge in [0.15, 0.2) is 6.10 Å². The van der Waals surface area contributed by atoms with Gasteiger partial charge in [-0.25, -0.2) is 0 Å². The highest BCUT2D eigenvalue weighted by Crippen LogP contribution is 2.19. The molecule has 1 saturated heterocycles. The largest absolute Gasteiger partial charge is 0.481 e.